The minimum Gasteiger partial charge on any atom is -0.378 e. The summed E-state index contributed by atoms with van der Waals surface area (Å²) in [5.41, 5.74) is -1.00. The highest BCUT2D eigenvalue weighted by atomic mass is 32.1. The Morgan fingerprint density at radius 1 is 1.47 bits per heavy atom. The van der Waals surface area contributed by atoms with E-state index in [4.69, 9.17) is 0 Å². The van der Waals surface area contributed by atoms with Gasteiger partial charge in [-0.05, 0) is 40.1 Å². The molecule has 0 atom stereocenters. The van der Waals surface area contributed by atoms with Gasteiger partial charge in [0.1, 0.15) is 5.60 Å². The summed E-state index contributed by atoms with van der Waals surface area (Å²) in [5, 5.41) is 9.47. The van der Waals surface area contributed by atoms with Crippen molar-refractivity contribution in [3.8, 4) is 11.8 Å². The minimum absolute atomic E-state index is 0.0938. The van der Waals surface area contributed by atoms with Gasteiger partial charge in [-0.15, -0.1) is 11.3 Å². The van der Waals surface area contributed by atoms with Gasteiger partial charge in [0.2, 0.25) is 0 Å². The summed E-state index contributed by atoms with van der Waals surface area (Å²) < 4.78 is 0. The molecule has 0 bridgehead atoms. The molecule has 3 nitrogen and oxygen atoms in total. The molecule has 0 unspecified atom stereocenters. The normalized spacial score (nSPS) is 11.2. The van der Waals surface area contributed by atoms with E-state index < -0.39 is 5.60 Å². The first kappa shape index (κ1) is 13.9. The van der Waals surface area contributed by atoms with Crippen LogP contribution in [-0.2, 0) is 0 Å². The lowest BCUT2D eigenvalue weighted by atomic mass is 10.1. The highest BCUT2D eigenvalue weighted by Gasteiger charge is 2.10. The van der Waals surface area contributed by atoms with Crippen LogP contribution < -0.4 is 0 Å². The summed E-state index contributed by atoms with van der Waals surface area (Å²) >= 11 is 1.36. The number of hydrogen-bond acceptors (Lipinski definition) is 4. The fourth-order valence-electron chi connectivity index (χ4n) is 1.13. The van der Waals surface area contributed by atoms with E-state index in [-0.39, 0.29) is 5.78 Å². The Hall–Kier alpha value is -1.15. The van der Waals surface area contributed by atoms with Crippen molar-refractivity contribution in [2.45, 2.75) is 19.4 Å². The Bertz CT molecular complexity index is 458. The van der Waals surface area contributed by atoms with Crippen molar-refractivity contribution < 1.29 is 9.90 Å². The van der Waals surface area contributed by atoms with Crippen LogP contribution in [0.25, 0.3) is 0 Å². The monoisotopic (exact) mass is 251 g/mol. The van der Waals surface area contributed by atoms with Crippen molar-refractivity contribution in [3.05, 3.63) is 21.9 Å². The van der Waals surface area contributed by atoms with Crippen molar-refractivity contribution in [1.29, 1.82) is 0 Å². The number of carbonyl (C=O) groups excluding carboxylic acids is 1. The maximum Gasteiger partial charge on any atom is 0.186 e. The molecule has 0 aliphatic carbocycles. The number of nitrogens with zero attached hydrogens (tertiary/aromatic N) is 1. The van der Waals surface area contributed by atoms with Gasteiger partial charge < -0.3 is 10.0 Å². The molecular weight excluding hydrogens is 234 g/mol. The predicted octanol–water partition coefficient (Wildman–Crippen LogP) is 1.61. The summed E-state index contributed by atoms with van der Waals surface area (Å²) in [6, 6.07) is 3.59. The SMILES string of the molecule is CN(C)CC(=O)c1ccc(C#CC(C)(C)O)s1. The van der Waals surface area contributed by atoms with Crippen LogP contribution in [0.2, 0.25) is 0 Å². The molecule has 1 N–H and O–H groups in total. The fraction of sp³-hybridized carbons (Fsp3) is 0.462. The second-order valence-electron chi connectivity index (χ2n) is 4.63. The molecule has 0 saturated heterocycles. The molecule has 1 rings (SSSR count). The molecular formula is C13H17NO2S. The van der Waals surface area contributed by atoms with E-state index in [2.05, 4.69) is 11.8 Å². The molecule has 1 aromatic rings. The number of Topliss-reactive ketones (excluding diaryl/α,β-unsaturated/α-hetero) is 1. The van der Waals surface area contributed by atoms with Crippen molar-refractivity contribution in [1.82, 2.24) is 4.90 Å². The smallest absolute Gasteiger partial charge is 0.186 e. The molecule has 0 fully saturated rings. The standard InChI is InChI=1S/C13H17NO2S/c1-13(2,16)8-7-10-5-6-12(17-10)11(15)9-14(3)4/h5-6,16H,9H2,1-4H3. The Morgan fingerprint density at radius 3 is 2.65 bits per heavy atom. The van der Waals surface area contributed by atoms with Gasteiger partial charge in [-0.25, -0.2) is 0 Å². The minimum atomic E-state index is -1.00. The average molecular weight is 251 g/mol. The number of ketones is 1. The first-order chi connectivity index (χ1) is 7.78. The zero-order chi connectivity index (χ0) is 13.1. The molecule has 0 radical (unpaired) electrons. The summed E-state index contributed by atoms with van der Waals surface area (Å²) in [6.07, 6.45) is 0. The quantitative estimate of drug-likeness (QED) is 0.655. The molecule has 1 heterocycles. The maximum absolute atomic E-state index is 11.7. The first-order valence-electron chi connectivity index (χ1n) is 5.31. The number of rotatable bonds is 3. The lowest BCUT2D eigenvalue weighted by Crippen LogP contribution is -2.20. The third-order valence-corrected chi connectivity index (χ3v) is 2.87. The van der Waals surface area contributed by atoms with Crippen molar-refractivity contribution in [2.24, 2.45) is 0 Å². The number of hydrogen-bond donors (Lipinski definition) is 1. The van der Waals surface area contributed by atoms with E-state index in [9.17, 15) is 9.90 Å². The summed E-state index contributed by atoms with van der Waals surface area (Å²) in [5.74, 6) is 5.69. The van der Waals surface area contributed by atoms with E-state index in [1.54, 1.807) is 19.9 Å². The average Bonchev–Trinajstić information content (AvgIpc) is 2.60. The van der Waals surface area contributed by atoms with Crippen LogP contribution in [0.15, 0.2) is 12.1 Å². The first-order valence-corrected chi connectivity index (χ1v) is 6.13. The van der Waals surface area contributed by atoms with Crippen molar-refractivity contribution in [3.63, 3.8) is 0 Å². The van der Waals surface area contributed by atoms with Crippen molar-refractivity contribution in [2.75, 3.05) is 20.6 Å². The third-order valence-electron chi connectivity index (χ3n) is 1.83. The molecule has 0 aliphatic rings. The van der Waals surface area contributed by atoms with Crippen LogP contribution >= 0.6 is 11.3 Å². The second-order valence-corrected chi connectivity index (χ2v) is 5.72. The van der Waals surface area contributed by atoms with Crippen LogP contribution in [0, 0.1) is 11.8 Å². The Balaban J connectivity index is 2.78. The fourth-order valence-corrected chi connectivity index (χ4v) is 1.92. The molecule has 4 heteroatoms. The zero-order valence-electron chi connectivity index (χ0n) is 10.6. The molecule has 92 valence electrons. The van der Waals surface area contributed by atoms with E-state index in [1.165, 1.54) is 11.3 Å². The van der Waals surface area contributed by atoms with Crippen LogP contribution in [0.4, 0.5) is 0 Å². The van der Waals surface area contributed by atoms with E-state index in [0.29, 0.717) is 11.4 Å². The molecule has 0 spiro atoms. The number of thiophene rings is 1. The topological polar surface area (TPSA) is 40.5 Å². The Labute approximate surface area is 106 Å². The third kappa shape index (κ3) is 5.14. The van der Waals surface area contributed by atoms with Gasteiger partial charge in [0.25, 0.3) is 0 Å². The molecule has 17 heavy (non-hydrogen) atoms. The van der Waals surface area contributed by atoms with Crippen LogP contribution in [-0.4, -0.2) is 42.0 Å². The molecule has 1 aromatic heterocycles. The van der Waals surface area contributed by atoms with Gasteiger partial charge in [-0.3, -0.25) is 4.79 Å². The van der Waals surface area contributed by atoms with E-state index in [0.717, 1.165) is 4.88 Å². The summed E-state index contributed by atoms with van der Waals surface area (Å²) in [4.78, 5) is 15.1. The van der Waals surface area contributed by atoms with Gasteiger partial charge >= 0.3 is 0 Å². The highest BCUT2D eigenvalue weighted by Crippen LogP contribution is 2.16. The number of likely N-dealkylation sites (N-methyl/N-ethyl adjacent to an activating group) is 1. The predicted molar refractivity (Wildman–Crippen MR) is 70.4 cm³/mol. The Morgan fingerprint density at radius 2 is 2.12 bits per heavy atom. The largest absolute Gasteiger partial charge is 0.378 e. The van der Waals surface area contributed by atoms with Crippen LogP contribution in [0.5, 0.6) is 0 Å². The molecule has 0 aliphatic heterocycles. The van der Waals surface area contributed by atoms with E-state index >= 15 is 0 Å². The maximum atomic E-state index is 11.7. The van der Waals surface area contributed by atoms with Crippen LogP contribution in [0.3, 0.4) is 0 Å². The number of carbonyl (C=O) groups is 1. The Kier molecular flexibility index (Phi) is 4.47. The van der Waals surface area contributed by atoms with Crippen molar-refractivity contribution >= 4 is 17.1 Å². The van der Waals surface area contributed by atoms with Gasteiger partial charge in [0.15, 0.2) is 5.78 Å². The van der Waals surface area contributed by atoms with Gasteiger partial charge in [-0.2, -0.15) is 0 Å². The van der Waals surface area contributed by atoms with Crippen LogP contribution in [0.1, 0.15) is 28.4 Å². The second kappa shape index (κ2) is 5.46. The zero-order valence-corrected chi connectivity index (χ0v) is 11.4. The lowest BCUT2D eigenvalue weighted by Gasteiger charge is -2.06. The van der Waals surface area contributed by atoms with Gasteiger partial charge in [0.05, 0.1) is 16.3 Å². The molecule has 0 saturated carbocycles. The lowest BCUT2D eigenvalue weighted by molar-refractivity contribution is 0.0961. The van der Waals surface area contributed by atoms with E-state index in [1.807, 2.05) is 25.1 Å². The van der Waals surface area contributed by atoms with Gasteiger partial charge in [0, 0.05) is 0 Å². The molecule has 0 amide bonds. The summed E-state index contributed by atoms with van der Waals surface area (Å²) in [7, 11) is 3.72. The summed E-state index contributed by atoms with van der Waals surface area (Å²) in [6.45, 7) is 3.66. The highest BCUT2D eigenvalue weighted by molar-refractivity contribution is 7.14. The molecule has 0 aromatic carbocycles. The van der Waals surface area contributed by atoms with Gasteiger partial charge in [-0.1, -0.05) is 11.8 Å². The number of aliphatic hydroxyl groups is 1.